The third kappa shape index (κ3) is 10.9. The van der Waals surface area contributed by atoms with E-state index in [4.69, 9.17) is 15.0 Å². The van der Waals surface area contributed by atoms with Crippen LogP contribution in [0, 0.1) is 0 Å². The number of para-hydroxylation sites is 8. The molecule has 24 aromatic rings. The Hall–Kier alpha value is -14.2. The molecule has 0 radical (unpaired) electrons. The Labute approximate surface area is 672 Å². The number of benzene rings is 18. The standard InChI is InChI=1S/3C35H23N2OP/c38-39(25-13-3-1-4-14-25,26-15-5-2-6-16-26)32-21-11-12-24-22-23-28-34(33(24)32)27-17-7-9-19-30(27)37-31-20-10-8-18-29(31)36-35(28)37;38-39(25-11-3-1-4-12-25,26-13-5-2-6-14-26)27-21-19-24-20-22-29-34(30(24)23-27)28-15-7-9-17-32(28)37-33-18-10-8-16-31(33)36-35(29)37;38-39(25-13-3-1-4-14-25,26-15-5-2-6-16-26)32-21-11-20-31-34(32)33-27-17-8-7-12-24(27)22-23-28(33)35-36-29-18-9-10-19-30(29)37(31)35/h3*1-23H. The van der Waals surface area contributed by atoms with E-state index in [0.29, 0.717) is 0 Å². The maximum atomic E-state index is 15.7. The van der Waals surface area contributed by atoms with Crippen LogP contribution < -0.4 is 47.7 Å². The Morgan fingerprint density at radius 2 is 0.479 bits per heavy atom. The van der Waals surface area contributed by atoms with Gasteiger partial charge in [-0.05, 0) is 106 Å². The third-order valence-corrected chi connectivity index (χ3v) is 32.7. The van der Waals surface area contributed by atoms with E-state index in [1.165, 1.54) is 0 Å². The van der Waals surface area contributed by atoms with Gasteiger partial charge in [0.15, 0.2) is 21.4 Å². The number of imidazole rings is 3. The van der Waals surface area contributed by atoms with Crippen molar-refractivity contribution in [2.75, 3.05) is 0 Å². The summed E-state index contributed by atoms with van der Waals surface area (Å²) in [6.07, 6.45) is 0. The molecule has 0 atom stereocenters. The zero-order chi connectivity index (χ0) is 77.9. The van der Waals surface area contributed by atoms with Crippen LogP contribution in [0.15, 0.2) is 419 Å². The lowest BCUT2D eigenvalue weighted by Gasteiger charge is -2.23. The molecule has 12 heteroatoms. The van der Waals surface area contributed by atoms with Crippen molar-refractivity contribution >= 4 is 217 Å². The number of aromatic nitrogens is 6. The van der Waals surface area contributed by atoms with Crippen molar-refractivity contribution in [2.24, 2.45) is 0 Å². The highest BCUT2D eigenvalue weighted by molar-refractivity contribution is 7.86. The topological polar surface area (TPSA) is 103 Å². The van der Waals surface area contributed by atoms with Crippen molar-refractivity contribution in [1.82, 2.24) is 28.2 Å². The molecule has 0 bridgehead atoms. The van der Waals surface area contributed by atoms with Gasteiger partial charge in [-0.3, -0.25) is 13.2 Å². The summed E-state index contributed by atoms with van der Waals surface area (Å²) in [6.45, 7) is 0. The van der Waals surface area contributed by atoms with Crippen molar-refractivity contribution in [3.8, 4) is 0 Å². The second-order valence-corrected chi connectivity index (χ2v) is 38.0. The first kappa shape index (κ1) is 69.5. The van der Waals surface area contributed by atoms with E-state index in [1.54, 1.807) is 0 Å². The van der Waals surface area contributed by atoms with E-state index in [0.717, 1.165) is 195 Å². The Kier molecular flexibility index (Phi) is 16.6. The Bertz CT molecular complexity index is 8160. The SMILES string of the molecule is O=P(c1ccccc1)(c1ccccc1)c1ccc2ccc3c(c2c1)c1ccccc1n1c2ccccc2nc31.O=P(c1ccccc1)(c1ccccc1)c1cccc2c1c1c3ccccc3ccc1c1nc3ccccc3n21.O=P(c1ccccc1)(c1ccccc1)c1cccc2ccc3c(c4ccccc4n4c5ccccc5nc34)c12. The first-order chi connectivity index (χ1) is 57.7. The van der Waals surface area contributed by atoms with Gasteiger partial charge in [0.25, 0.3) is 0 Å². The molecule has 0 aliphatic rings. The van der Waals surface area contributed by atoms with Gasteiger partial charge in [-0.25, -0.2) is 15.0 Å². The van der Waals surface area contributed by atoms with E-state index in [1.807, 2.05) is 218 Å². The summed E-state index contributed by atoms with van der Waals surface area (Å²) in [6, 6.07) is 142. The minimum absolute atomic E-state index is 0.827. The van der Waals surface area contributed by atoms with Gasteiger partial charge in [-0.1, -0.05) is 340 Å². The number of hydrogen-bond acceptors (Lipinski definition) is 6. The fraction of sp³-hybridized carbons (Fsp3) is 0. The van der Waals surface area contributed by atoms with Crippen LogP contribution in [-0.4, -0.2) is 28.2 Å². The Balaban J connectivity index is 0.000000106. The van der Waals surface area contributed by atoms with Gasteiger partial charge in [-0.2, -0.15) is 0 Å². The summed E-state index contributed by atoms with van der Waals surface area (Å²) < 4.78 is 53.3. The van der Waals surface area contributed by atoms with Gasteiger partial charge >= 0.3 is 0 Å². The number of fused-ring (bicyclic) bond motifs is 30. The highest BCUT2D eigenvalue weighted by atomic mass is 31.2. The molecule has 6 aromatic heterocycles. The van der Waals surface area contributed by atoms with Crippen LogP contribution in [-0.2, 0) is 13.7 Å². The van der Waals surface area contributed by atoms with Crippen molar-refractivity contribution in [3.05, 3.63) is 419 Å². The molecule has 18 aromatic carbocycles. The molecule has 0 saturated carbocycles. The van der Waals surface area contributed by atoms with Crippen LogP contribution in [0.2, 0.25) is 0 Å². The molecule has 0 spiro atoms. The molecule has 6 heterocycles. The molecule has 9 nitrogen and oxygen atoms in total. The highest BCUT2D eigenvalue weighted by Crippen LogP contribution is 2.51. The van der Waals surface area contributed by atoms with E-state index in [9.17, 15) is 0 Å². The number of nitrogens with zero attached hydrogens (tertiary/aromatic N) is 6. The smallest absolute Gasteiger partial charge is 0.171 e. The molecule has 0 aliphatic heterocycles. The predicted octanol–water partition coefficient (Wildman–Crippen LogP) is 22.8. The molecule has 0 saturated heterocycles. The van der Waals surface area contributed by atoms with Crippen molar-refractivity contribution < 1.29 is 13.7 Å². The maximum Gasteiger partial charge on any atom is 0.171 e. The monoisotopic (exact) mass is 1550 g/mol. The first-order valence-corrected chi connectivity index (χ1v) is 44.4. The summed E-state index contributed by atoms with van der Waals surface area (Å²) in [4.78, 5) is 15.3. The number of pyridine rings is 3. The summed E-state index contributed by atoms with van der Waals surface area (Å²) in [7, 11) is -9.59. The molecule has 0 aliphatic carbocycles. The van der Waals surface area contributed by atoms with E-state index in [2.05, 4.69) is 213 Å². The lowest BCUT2D eigenvalue weighted by molar-refractivity contribution is 0.591. The van der Waals surface area contributed by atoms with Crippen molar-refractivity contribution in [3.63, 3.8) is 0 Å². The normalized spacial score (nSPS) is 12.2. The van der Waals surface area contributed by atoms with Gasteiger partial charge in [0.2, 0.25) is 0 Å². The lowest BCUT2D eigenvalue weighted by atomic mass is 9.99. The Morgan fingerprint density at radius 3 is 0.932 bits per heavy atom. The lowest BCUT2D eigenvalue weighted by Crippen LogP contribution is -2.26. The minimum atomic E-state index is -3.26. The van der Waals surface area contributed by atoms with Gasteiger partial charge in [0, 0.05) is 102 Å². The summed E-state index contributed by atoms with van der Waals surface area (Å²) in [5.74, 6) is 0. The molecule has 117 heavy (non-hydrogen) atoms. The molecular formula is C105H69N6O3P3. The summed E-state index contributed by atoms with van der Waals surface area (Å²) in [5.41, 5.74) is 12.1. The molecule has 0 amide bonds. The molecule has 552 valence electrons. The van der Waals surface area contributed by atoms with Crippen molar-refractivity contribution in [1.29, 1.82) is 0 Å². The largest absolute Gasteiger partial charge is 0.309 e. The van der Waals surface area contributed by atoms with Crippen LogP contribution in [0.3, 0.4) is 0 Å². The fourth-order valence-electron chi connectivity index (χ4n) is 18.3. The highest BCUT2D eigenvalue weighted by Gasteiger charge is 2.36. The molecule has 24 rings (SSSR count). The van der Waals surface area contributed by atoms with Gasteiger partial charge in [0.05, 0.1) is 49.7 Å². The summed E-state index contributed by atoms with van der Waals surface area (Å²) in [5, 5.41) is 23.9. The van der Waals surface area contributed by atoms with E-state index < -0.39 is 21.4 Å². The predicted molar refractivity (Wildman–Crippen MR) is 494 cm³/mol. The average molecular weight is 1560 g/mol. The zero-order valence-corrected chi connectivity index (χ0v) is 65.8. The van der Waals surface area contributed by atoms with Crippen LogP contribution in [0.1, 0.15) is 0 Å². The average Bonchev–Trinajstić information content (AvgIpc) is 0.830. The van der Waals surface area contributed by atoms with E-state index in [-0.39, 0.29) is 0 Å². The zero-order valence-electron chi connectivity index (χ0n) is 63.1. The van der Waals surface area contributed by atoms with Crippen LogP contribution >= 0.6 is 21.4 Å². The van der Waals surface area contributed by atoms with Crippen molar-refractivity contribution in [2.45, 2.75) is 0 Å². The number of rotatable bonds is 9. The first-order valence-electron chi connectivity index (χ1n) is 39.3. The fourth-order valence-corrected chi connectivity index (χ4v) is 26.7. The van der Waals surface area contributed by atoms with Gasteiger partial charge in [-0.15, -0.1) is 0 Å². The van der Waals surface area contributed by atoms with Crippen LogP contribution in [0.5, 0.6) is 0 Å². The second-order valence-electron chi connectivity index (χ2n) is 29.8. The quantitative estimate of drug-likeness (QED) is 0.105. The van der Waals surface area contributed by atoms with E-state index >= 15 is 13.7 Å². The Morgan fingerprint density at radius 1 is 0.179 bits per heavy atom. The minimum Gasteiger partial charge on any atom is -0.309 e. The van der Waals surface area contributed by atoms with Crippen LogP contribution in [0.25, 0.3) is 147 Å². The molecule has 0 fully saturated rings. The molecule has 0 unspecified atom stereocenters. The summed E-state index contributed by atoms with van der Waals surface area (Å²) >= 11 is 0. The van der Waals surface area contributed by atoms with Gasteiger partial charge < -0.3 is 13.7 Å². The second kappa shape index (κ2) is 27.8. The third-order valence-electron chi connectivity index (χ3n) is 23.5. The van der Waals surface area contributed by atoms with Crippen LogP contribution in [0.4, 0.5) is 0 Å². The molecular weight excluding hydrogens is 1490 g/mol. The number of hydrogen-bond donors (Lipinski definition) is 0. The molecule has 0 N–H and O–H groups in total. The maximum absolute atomic E-state index is 15.7. The van der Waals surface area contributed by atoms with Gasteiger partial charge in [0.1, 0.15) is 16.9 Å².